The number of nitrogens with one attached hydrogen (secondary N) is 1. The molecule has 1 fully saturated rings. The van der Waals surface area contributed by atoms with Crippen LogP contribution in [0.3, 0.4) is 0 Å². The van der Waals surface area contributed by atoms with E-state index in [0.29, 0.717) is 23.4 Å². The van der Waals surface area contributed by atoms with Gasteiger partial charge in [0.1, 0.15) is 0 Å². The van der Waals surface area contributed by atoms with Crippen LogP contribution in [-0.4, -0.2) is 22.6 Å². The topological polar surface area (TPSA) is 80.9 Å². The van der Waals surface area contributed by atoms with Crippen molar-refractivity contribution >= 4 is 23.3 Å². The maximum absolute atomic E-state index is 12.4. The average Bonchev–Trinajstić information content (AvgIpc) is 2.42. The van der Waals surface area contributed by atoms with Crippen molar-refractivity contribution in [3.05, 3.63) is 17.3 Å². The molecule has 19 heavy (non-hydrogen) atoms. The number of nitrogens with zero attached hydrogens (tertiary/aromatic N) is 2. The van der Waals surface area contributed by atoms with Crippen LogP contribution in [0.4, 0.5) is 5.82 Å². The summed E-state index contributed by atoms with van der Waals surface area (Å²) in [4.78, 5) is 12.4. The van der Waals surface area contributed by atoms with Gasteiger partial charge in [-0.3, -0.25) is 4.79 Å². The molecule has 0 saturated heterocycles. The zero-order valence-electron chi connectivity index (χ0n) is 11.0. The molecule has 0 aromatic carbocycles. The van der Waals surface area contributed by atoms with Gasteiger partial charge in [-0.25, -0.2) is 0 Å². The summed E-state index contributed by atoms with van der Waals surface area (Å²) >= 11 is 5.66. The number of hydrogen-bond donors (Lipinski definition) is 2. The first-order valence-corrected chi connectivity index (χ1v) is 6.94. The number of nitrogens with two attached hydrogens (primary N) is 1. The van der Waals surface area contributed by atoms with E-state index in [1.54, 1.807) is 12.1 Å². The highest BCUT2D eigenvalue weighted by molar-refractivity contribution is 6.29. The molecule has 2 rings (SSSR count). The number of carbonyl (C=O) groups is 1. The standard InChI is InChI=1S/C13H19ClN4O/c1-9-4-6-13(8-15,7-5-9)12(19)16-11-3-2-10(14)17-18-11/h2-3,9H,4-8,15H2,1H3,(H,16,18,19). The zero-order valence-corrected chi connectivity index (χ0v) is 11.8. The van der Waals surface area contributed by atoms with Crippen molar-refractivity contribution in [1.82, 2.24) is 10.2 Å². The summed E-state index contributed by atoms with van der Waals surface area (Å²) in [6.45, 7) is 2.58. The first-order chi connectivity index (χ1) is 9.05. The molecule has 1 heterocycles. The van der Waals surface area contributed by atoms with Crippen molar-refractivity contribution in [3.63, 3.8) is 0 Å². The van der Waals surface area contributed by atoms with Crippen LogP contribution in [0.2, 0.25) is 5.15 Å². The van der Waals surface area contributed by atoms with E-state index >= 15 is 0 Å². The van der Waals surface area contributed by atoms with Crippen molar-refractivity contribution in [1.29, 1.82) is 0 Å². The van der Waals surface area contributed by atoms with Gasteiger partial charge in [-0.05, 0) is 43.7 Å². The van der Waals surface area contributed by atoms with Gasteiger partial charge in [-0.1, -0.05) is 18.5 Å². The molecule has 3 N–H and O–H groups in total. The van der Waals surface area contributed by atoms with Gasteiger partial charge in [0.2, 0.25) is 5.91 Å². The molecule has 0 radical (unpaired) electrons. The van der Waals surface area contributed by atoms with E-state index in [2.05, 4.69) is 22.4 Å². The predicted molar refractivity (Wildman–Crippen MR) is 74.8 cm³/mol. The Bertz CT molecular complexity index is 440. The summed E-state index contributed by atoms with van der Waals surface area (Å²) in [5, 5.41) is 10.6. The van der Waals surface area contributed by atoms with Crippen LogP contribution in [0.25, 0.3) is 0 Å². The number of rotatable bonds is 3. The van der Waals surface area contributed by atoms with Crippen LogP contribution in [0.15, 0.2) is 12.1 Å². The Kier molecular flexibility index (Phi) is 4.37. The Morgan fingerprint density at radius 1 is 1.47 bits per heavy atom. The molecule has 1 amide bonds. The Labute approximate surface area is 117 Å². The van der Waals surface area contributed by atoms with Crippen molar-refractivity contribution in [3.8, 4) is 0 Å². The van der Waals surface area contributed by atoms with Gasteiger partial charge < -0.3 is 11.1 Å². The Morgan fingerprint density at radius 3 is 2.68 bits per heavy atom. The third-order valence-corrected chi connectivity index (χ3v) is 4.18. The van der Waals surface area contributed by atoms with Gasteiger partial charge in [0.05, 0.1) is 5.41 Å². The van der Waals surface area contributed by atoms with Gasteiger partial charge in [-0.2, -0.15) is 0 Å². The van der Waals surface area contributed by atoms with Gasteiger partial charge in [0.25, 0.3) is 0 Å². The highest BCUT2D eigenvalue weighted by atomic mass is 35.5. The van der Waals surface area contributed by atoms with Crippen LogP contribution >= 0.6 is 11.6 Å². The fourth-order valence-corrected chi connectivity index (χ4v) is 2.57. The second-order valence-corrected chi connectivity index (χ2v) is 5.75. The predicted octanol–water partition coefficient (Wildman–Crippen LogP) is 2.22. The lowest BCUT2D eigenvalue weighted by Crippen LogP contribution is -2.45. The summed E-state index contributed by atoms with van der Waals surface area (Å²) < 4.78 is 0. The molecule has 0 atom stereocenters. The number of aromatic nitrogens is 2. The highest BCUT2D eigenvalue weighted by Crippen LogP contribution is 2.38. The van der Waals surface area contributed by atoms with Crippen LogP contribution in [0, 0.1) is 11.3 Å². The Balaban J connectivity index is 2.06. The number of carbonyl (C=O) groups excluding carboxylic acids is 1. The van der Waals surface area contributed by atoms with Gasteiger partial charge in [-0.15, -0.1) is 10.2 Å². The lowest BCUT2D eigenvalue weighted by Gasteiger charge is -2.36. The van der Waals surface area contributed by atoms with Crippen molar-refractivity contribution in [2.75, 3.05) is 11.9 Å². The minimum absolute atomic E-state index is 0.0569. The number of hydrogen-bond acceptors (Lipinski definition) is 4. The van der Waals surface area contributed by atoms with Crippen molar-refractivity contribution < 1.29 is 4.79 Å². The first kappa shape index (κ1) is 14.2. The fraction of sp³-hybridized carbons (Fsp3) is 0.615. The van der Waals surface area contributed by atoms with Gasteiger partial charge in [0.15, 0.2) is 11.0 Å². The third kappa shape index (κ3) is 3.22. The summed E-state index contributed by atoms with van der Waals surface area (Å²) in [6, 6.07) is 3.24. The van der Waals surface area contributed by atoms with Gasteiger partial charge >= 0.3 is 0 Å². The number of anilines is 1. The summed E-state index contributed by atoms with van der Waals surface area (Å²) in [5.74, 6) is 1.03. The smallest absolute Gasteiger partial charge is 0.233 e. The van der Waals surface area contributed by atoms with E-state index in [0.717, 1.165) is 25.7 Å². The Morgan fingerprint density at radius 2 is 2.16 bits per heavy atom. The molecule has 0 spiro atoms. The minimum atomic E-state index is -0.464. The first-order valence-electron chi connectivity index (χ1n) is 6.56. The average molecular weight is 283 g/mol. The Hall–Kier alpha value is -1.20. The SMILES string of the molecule is CC1CCC(CN)(C(=O)Nc2ccc(Cl)nn2)CC1. The molecule has 5 nitrogen and oxygen atoms in total. The molecule has 104 valence electrons. The maximum atomic E-state index is 12.4. The molecule has 0 aliphatic heterocycles. The van der Waals surface area contributed by atoms with E-state index in [1.807, 2.05) is 0 Å². The van der Waals surface area contributed by atoms with Crippen LogP contribution in [-0.2, 0) is 4.79 Å². The molecule has 1 aromatic heterocycles. The maximum Gasteiger partial charge on any atom is 0.233 e. The molecular weight excluding hydrogens is 264 g/mol. The molecule has 0 bridgehead atoms. The molecule has 1 aromatic rings. The lowest BCUT2D eigenvalue weighted by molar-refractivity contribution is -0.127. The third-order valence-electron chi connectivity index (χ3n) is 3.98. The van der Waals surface area contributed by atoms with E-state index < -0.39 is 5.41 Å². The van der Waals surface area contributed by atoms with Crippen LogP contribution in [0.5, 0.6) is 0 Å². The second-order valence-electron chi connectivity index (χ2n) is 5.36. The molecule has 1 aliphatic carbocycles. The molecule has 1 saturated carbocycles. The summed E-state index contributed by atoms with van der Waals surface area (Å²) in [6.07, 6.45) is 3.74. The monoisotopic (exact) mass is 282 g/mol. The molecular formula is C13H19ClN4O. The van der Waals surface area contributed by atoms with Crippen LogP contribution in [0.1, 0.15) is 32.6 Å². The largest absolute Gasteiger partial charge is 0.329 e. The minimum Gasteiger partial charge on any atom is -0.329 e. The van der Waals surface area contributed by atoms with Crippen molar-refractivity contribution in [2.24, 2.45) is 17.1 Å². The van der Waals surface area contributed by atoms with E-state index in [9.17, 15) is 4.79 Å². The normalized spacial score (nSPS) is 27.0. The molecule has 0 unspecified atom stereocenters. The zero-order chi connectivity index (χ0) is 13.9. The summed E-state index contributed by atoms with van der Waals surface area (Å²) in [5.41, 5.74) is 5.38. The second kappa shape index (κ2) is 5.84. The molecule has 6 heteroatoms. The highest BCUT2D eigenvalue weighted by Gasteiger charge is 2.39. The van der Waals surface area contributed by atoms with Crippen LogP contribution < -0.4 is 11.1 Å². The summed E-state index contributed by atoms with van der Waals surface area (Å²) in [7, 11) is 0. The van der Waals surface area contributed by atoms with Gasteiger partial charge in [0, 0.05) is 6.54 Å². The van der Waals surface area contributed by atoms with E-state index in [1.165, 1.54) is 0 Å². The van der Waals surface area contributed by atoms with E-state index in [-0.39, 0.29) is 5.91 Å². The quantitative estimate of drug-likeness (QED) is 0.891. The van der Waals surface area contributed by atoms with E-state index in [4.69, 9.17) is 17.3 Å². The lowest BCUT2D eigenvalue weighted by atomic mass is 9.70. The fourth-order valence-electron chi connectivity index (χ4n) is 2.47. The number of amides is 1. The number of halogens is 1. The van der Waals surface area contributed by atoms with Crippen molar-refractivity contribution in [2.45, 2.75) is 32.6 Å². The molecule has 1 aliphatic rings.